The number of halogens is 2. The van der Waals surface area contributed by atoms with Crippen molar-refractivity contribution >= 4 is 23.1 Å². The first-order valence-electron chi connectivity index (χ1n) is 8.25. The van der Waals surface area contributed by atoms with E-state index in [0.717, 1.165) is 11.3 Å². The molecule has 0 saturated heterocycles. The lowest BCUT2D eigenvalue weighted by molar-refractivity contribution is 0.103. The molecule has 1 aliphatic rings. The van der Waals surface area contributed by atoms with Crippen molar-refractivity contribution in [2.75, 3.05) is 5.32 Å². The van der Waals surface area contributed by atoms with Crippen LogP contribution in [0, 0.1) is 5.82 Å². The van der Waals surface area contributed by atoms with E-state index in [1.165, 1.54) is 6.07 Å². The molecule has 0 saturated carbocycles. The number of anilines is 1. The topological polar surface area (TPSA) is 29.1 Å². The largest absolute Gasteiger partial charge is 0.361 e. The summed E-state index contributed by atoms with van der Waals surface area (Å²) in [5.41, 5.74) is 3.13. The van der Waals surface area contributed by atoms with Crippen molar-refractivity contribution in [2.45, 2.75) is 5.92 Å². The van der Waals surface area contributed by atoms with Crippen LogP contribution >= 0.6 is 11.6 Å². The number of hydrogen-bond acceptors (Lipinski definition) is 2. The van der Waals surface area contributed by atoms with Crippen molar-refractivity contribution in [3.8, 4) is 0 Å². The van der Waals surface area contributed by atoms with E-state index in [1.54, 1.807) is 24.4 Å². The number of carbonyl (C=O) groups is 1. The van der Waals surface area contributed by atoms with Gasteiger partial charge >= 0.3 is 0 Å². The fourth-order valence-electron chi connectivity index (χ4n) is 3.32. The Kier molecular flexibility index (Phi) is 4.31. The molecule has 0 radical (unpaired) electrons. The molecule has 1 N–H and O–H groups in total. The molecular formula is C22H15ClFNO. The van der Waals surface area contributed by atoms with Crippen molar-refractivity contribution in [2.24, 2.45) is 0 Å². The molecule has 128 valence electrons. The van der Waals surface area contributed by atoms with Crippen LogP contribution in [0.15, 0.2) is 84.6 Å². The van der Waals surface area contributed by atoms with Crippen molar-refractivity contribution in [1.82, 2.24) is 0 Å². The zero-order valence-corrected chi connectivity index (χ0v) is 14.5. The summed E-state index contributed by atoms with van der Waals surface area (Å²) in [6.07, 6.45) is 1.67. The van der Waals surface area contributed by atoms with Crippen LogP contribution in [0.5, 0.6) is 0 Å². The number of benzene rings is 3. The third-order valence-electron chi connectivity index (χ3n) is 4.53. The molecule has 1 atom stereocenters. The van der Waals surface area contributed by atoms with Gasteiger partial charge in [-0.1, -0.05) is 54.1 Å². The summed E-state index contributed by atoms with van der Waals surface area (Å²) in [6, 6.07) is 21.6. The third kappa shape index (κ3) is 2.91. The van der Waals surface area contributed by atoms with Gasteiger partial charge in [0, 0.05) is 28.4 Å². The predicted octanol–water partition coefficient (Wildman–Crippen LogP) is 5.80. The monoisotopic (exact) mass is 363 g/mol. The Labute approximate surface area is 155 Å². The summed E-state index contributed by atoms with van der Waals surface area (Å²) < 4.78 is 14.3. The second-order valence-electron chi connectivity index (χ2n) is 6.13. The smallest absolute Gasteiger partial charge is 0.194 e. The fourth-order valence-corrected chi connectivity index (χ4v) is 3.45. The summed E-state index contributed by atoms with van der Waals surface area (Å²) in [6.45, 7) is 0. The van der Waals surface area contributed by atoms with Crippen LogP contribution in [-0.2, 0) is 0 Å². The molecule has 0 heterocycles. The quantitative estimate of drug-likeness (QED) is 0.595. The number of fused-ring (bicyclic) bond motifs is 1. The molecule has 0 aliphatic heterocycles. The molecule has 0 aromatic heterocycles. The van der Waals surface area contributed by atoms with Gasteiger partial charge in [0.1, 0.15) is 5.82 Å². The first-order chi connectivity index (χ1) is 12.6. The van der Waals surface area contributed by atoms with Crippen LogP contribution in [0.2, 0.25) is 5.02 Å². The Morgan fingerprint density at radius 2 is 1.65 bits per heavy atom. The highest BCUT2D eigenvalue weighted by Crippen LogP contribution is 2.42. The maximum atomic E-state index is 14.3. The molecular weight excluding hydrogens is 349 g/mol. The molecule has 26 heavy (non-hydrogen) atoms. The molecule has 3 aromatic carbocycles. The maximum Gasteiger partial charge on any atom is 0.194 e. The number of rotatable bonds is 3. The summed E-state index contributed by atoms with van der Waals surface area (Å²) in [7, 11) is 0. The molecule has 3 aromatic rings. The van der Waals surface area contributed by atoms with Gasteiger partial charge in [-0.05, 0) is 41.5 Å². The van der Waals surface area contributed by atoms with Crippen molar-refractivity contribution in [1.29, 1.82) is 0 Å². The molecule has 2 nitrogen and oxygen atoms in total. The number of carbonyl (C=O) groups excluding carboxylic acids is 1. The van der Waals surface area contributed by atoms with E-state index in [4.69, 9.17) is 11.6 Å². The zero-order chi connectivity index (χ0) is 18.1. The van der Waals surface area contributed by atoms with Crippen LogP contribution in [0.3, 0.4) is 0 Å². The number of nitrogens with one attached hydrogen (secondary N) is 1. The van der Waals surface area contributed by atoms with Crippen LogP contribution in [0.4, 0.5) is 10.1 Å². The van der Waals surface area contributed by atoms with Gasteiger partial charge in [0.05, 0.1) is 5.56 Å². The first-order valence-corrected chi connectivity index (χ1v) is 8.63. The van der Waals surface area contributed by atoms with Crippen LogP contribution in [0.1, 0.15) is 27.4 Å². The Morgan fingerprint density at radius 3 is 2.38 bits per heavy atom. The van der Waals surface area contributed by atoms with Gasteiger partial charge in [-0.2, -0.15) is 0 Å². The predicted molar refractivity (Wildman–Crippen MR) is 102 cm³/mol. The number of ketones is 1. The molecule has 4 rings (SSSR count). The SMILES string of the molecule is O=C1/C(=C\Nc2ccc(Cl)cc2)C(c2ccccc2)c2cccc(F)c21. The van der Waals surface area contributed by atoms with Gasteiger partial charge in [-0.15, -0.1) is 0 Å². The van der Waals surface area contributed by atoms with E-state index in [9.17, 15) is 9.18 Å². The fraction of sp³-hybridized carbons (Fsp3) is 0.0455. The standard InChI is InChI=1S/C22H15ClFNO/c23-15-9-11-16(12-10-15)25-13-18-20(14-5-2-1-3-6-14)17-7-4-8-19(24)21(17)22(18)26/h1-13,20,25H/b18-13-. The second kappa shape index (κ2) is 6.77. The average molecular weight is 364 g/mol. The molecule has 0 bridgehead atoms. The minimum Gasteiger partial charge on any atom is -0.361 e. The minimum absolute atomic E-state index is 0.158. The van der Waals surface area contributed by atoms with Crippen molar-refractivity contribution in [3.05, 3.63) is 112 Å². The number of allylic oxidation sites excluding steroid dienone is 1. The third-order valence-corrected chi connectivity index (χ3v) is 4.78. The molecule has 0 amide bonds. The Hall–Kier alpha value is -2.91. The van der Waals surface area contributed by atoms with Gasteiger partial charge in [-0.25, -0.2) is 4.39 Å². The minimum atomic E-state index is -0.483. The highest BCUT2D eigenvalue weighted by molar-refractivity contribution is 6.30. The van der Waals surface area contributed by atoms with Crippen molar-refractivity contribution < 1.29 is 9.18 Å². The summed E-state index contributed by atoms with van der Waals surface area (Å²) in [5.74, 6) is -1.06. The van der Waals surface area contributed by atoms with E-state index in [0.29, 0.717) is 16.2 Å². The van der Waals surface area contributed by atoms with Gasteiger partial charge in [-0.3, -0.25) is 4.79 Å². The van der Waals surface area contributed by atoms with E-state index >= 15 is 0 Å². The Balaban J connectivity index is 1.79. The highest BCUT2D eigenvalue weighted by atomic mass is 35.5. The van der Waals surface area contributed by atoms with Crippen LogP contribution in [0.25, 0.3) is 0 Å². The summed E-state index contributed by atoms with van der Waals surface area (Å²) in [4.78, 5) is 12.9. The van der Waals surface area contributed by atoms with Crippen LogP contribution in [-0.4, -0.2) is 5.78 Å². The van der Waals surface area contributed by atoms with E-state index in [1.807, 2.05) is 48.5 Å². The highest BCUT2D eigenvalue weighted by Gasteiger charge is 2.37. The molecule has 0 spiro atoms. The van der Waals surface area contributed by atoms with Gasteiger partial charge < -0.3 is 5.32 Å². The molecule has 1 aliphatic carbocycles. The van der Waals surface area contributed by atoms with E-state index < -0.39 is 5.82 Å². The zero-order valence-electron chi connectivity index (χ0n) is 13.7. The Morgan fingerprint density at radius 1 is 0.923 bits per heavy atom. The molecule has 1 unspecified atom stereocenters. The lowest BCUT2D eigenvalue weighted by Crippen LogP contribution is -2.05. The van der Waals surface area contributed by atoms with Gasteiger partial charge in [0.15, 0.2) is 5.78 Å². The lowest BCUT2D eigenvalue weighted by Gasteiger charge is -2.14. The second-order valence-corrected chi connectivity index (χ2v) is 6.56. The number of hydrogen-bond donors (Lipinski definition) is 1. The first kappa shape index (κ1) is 16.6. The molecule has 0 fully saturated rings. The van der Waals surface area contributed by atoms with E-state index in [-0.39, 0.29) is 17.3 Å². The van der Waals surface area contributed by atoms with Gasteiger partial charge in [0.25, 0.3) is 0 Å². The van der Waals surface area contributed by atoms with Crippen LogP contribution < -0.4 is 5.32 Å². The summed E-state index contributed by atoms with van der Waals surface area (Å²) >= 11 is 5.90. The average Bonchev–Trinajstić information content (AvgIpc) is 2.95. The lowest BCUT2D eigenvalue weighted by atomic mass is 9.90. The maximum absolute atomic E-state index is 14.3. The Bertz CT molecular complexity index is 996. The van der Waals surface area contributed by atoms with Gasteiger partial charge in [0.2, 0.25) is 0 Å². The molecule has 4 heteroatoms. The normalized spacial score (nSPS) is 17.4. The van der Waals surface area contributed by atoms with E-state index in [2.05, 4.69) is 5.32 Å². The number of Topliss-reactive ketones (excluding diaryl/α,β-unsaturated/α-hetero) is 1. The summed E-state index contributed by atoms with van der Waals surface area (Å²) in [5, 5.41) is 3.77. The van der Waals surface area contributed by atoms with Crippen molar-refractivity contribution in [3.63, 3.8) is 0 Å².